The summed E-state index contributed by atoms with van der Waals surface area (Å²) in [5.74, 6) is -0.652. The summed E-state index contributed by atoms with van der Waals surface area (Å²) in [6, 6.07) is 25.9. The molecule has 1 atom stereocenters. The number of halogens is 1. The number of carbonyl (C=O) groups is 2. The van der Waals surface area contributed by atoms with E-state index >= 15 is 0 Å². The fraction of sp³-hybridized carbons (Fsp3) is 0.107. The molecule has 2 amide bonds. The van der Waals surface area contributed by atoms with E-state index in [1.165, 1.54) is 0 Å². The van der Waals surface area contributed by atoms with E-state index in [-0.39, 0.29) is 29.4 Å². The first-order chi connectivity index (χ1) is 17.5. The maximum Gasteiger partial charge on any atom is 0.254 e. The summed E-state index contributed by atoms with van der Waals surface area (Å²) in [4.78, 5) is 31.3. The molecule has 0 radical (unpaired) electrons. The standard InChI is InChI=1S/C28H20ClN5O2/c29-18-10-12-19(13-11-18)34-23-16-33(15-17-6-2-1-3-7-17)26(35)24(23)28(21(14-30)25(34)31)20-8-4-5-9-22(20)32-27(28)36/h1-13H,15-16,31H2,(H,32,36). The molecule has 6 rings (SSSR count). The van der Waals surface area contributed by atoms with Crippen LogP contribution in [0.5, 0.6) is 0 Å². The van der Waals surface area contributed by atoms with Crippen LogP contribution in [-0.2, 0) is 21.5 Å². The molecule has 7 nitrogen and oxygen atoms in total. The van der Waals surface area contributed by atoms with Gasteiger partial charge in [0.25, 0.3) is 5.91 Å². The molecule has 36 heavy (non-hydrogen) atoms. The number of fused-ring (bicyclic) bond motifs is 3. The zero-order valence-corrected chi connectivity index (χ0v) is 19.8. The van der Waals surface area contributed by atoms with Gasteiger partial charge >= 0.3 is 0 Å². The Kier molecular flexibility index (Phi) is 4.88. The van der Waals surface area contributed by atoms with Gasteiger partial charge in [-0.3, -0.25) is 14.5 Å². The van der Waals surface area contributed by atoms with E-state index in [4.69, 9.17) is 17.3 Å². The average Bonchev–Trinajstić information content (AvgIpc) is 3.35. The summed E-state index contributed by atoms with van der Waals surface area (Å²) in [6.45, 7) is 0.574. The van der Waals surface area contributed by atoms with Gasteiger partial charge in [-0.25, -0.2) is 0 Å². The predicted molar refractivity (Wildman–Crippen MR) is 136 cm³/mol. The lowest BCUT2D eigenvalue weighted by Gasteiger charge is -2.38. The highest BCUT2D eigenvalue weighted by atomic mass is 35.5. The van der Waals surface area contributed by atoms with Crippen LogP contribution in [0.25, 0.3) is 0 Å². The number of hydrogen-bond acceptors (Lipinski definition) is 5. The van der Waals surface area contributed by atoms with E-state index in [9.17, 15) is 14.9 Å². The van der Waals surface area contributed by atoms with E-state index in [1.54, 1.807) is 58.3 Å². The number of nitriles is 1. The van der Waals surface area contributed by atoms with Crippen molar-refractivity contribution in [1.29, 1.82) is 5.26 Å². The Bertz CT molecular complexity index is 1540. The maximum atomic E-state index is 14.1. The van der Waals surface area contributed by atoms with Crippen molar-refractivity contribution in [1.82, 2.24) is 4.90 Å². The molecule has 0 bridgehead atoms. The molecule has 8 heteroatoms. The number of para-hydroxylation sites is 1. The number of rotatable bonds is 3. The number of nitrogens with one attached hydrogen (secondary N) is 1. The van der Waals surface area contributed by atoms with Gasteiger partial charge in [0.05, 0.1) is 23.4 Å². The molecule has 0 aromatic heterocycles. The van der Waals surface area contributed by atoms with Crippen molar-refractivity contribution in [3.05, 3.63) is 118 Å². The van der Waals surface area contributed by atoms with Crippen molar-refractivity contribution in [2.24, 2.45) is 5.73 Å². The van der Waals surface area contributed by atoms with Crippen molar-refractivity contribution in [3.8, 4) is 6.07 Å². The van der Waals surface area contributed by atoms with E-state index in [0.717, 1.165) is 5.56 Å². The van der Waals surface area contributed by atoms with E-state index in [1.807, 2.05) is 30.3 Å². The molecular weight excluding hydrogens is 474 g/mol. The van der Waals surface area contributed by atoms with Crippen LogP contribution in [0.3, 0.4) is 0 Å². The molecule has 0 aliphatic carbocycles. The third-order valence-electron chi connectivity index (χ3n) is 6.98. The highest BCUT2D eigenvalue weighted by molar-refractivity contribution is 6.30. The van der Waals surface area contributed by atoms with Crippen LogP contribution in [0.15, 0.2) is 102 Å². The monoisotopic (exact) mass is 493 g/mol. The topological polar surface area (TPSA) is 102 Å². The molecule has 3 aliphatic rings. The second-order valence-electron chi connectivity index (χ2n) is 8.90. The lowest BCUT2D eigenvalue weighted by atomic mass is 9.67. The van der Waals surface area contributed by atoms with Gasteiger partial charge in [-0.15, -0.1) is 0 Å². The van der Waals surface area contributed by atoms with Gasteiger partial charge in [0.2, 0.25) is 5.91 Å². The molecule has 3 N–H and O–H groups in total. The van der Waals surface area contributed by atoms with Crippen molar-refractivity contribution < 1.29 is 9.59 Å². The number of carbonyl (C=O) groups excluding carboxylic acids is 2. The molecule has 1 unspecified atom stereocenters. The van der Waals surface area contributed by atoms with Gasteiger partial charge in [0, 0.05) is 28.5 Å². The molecular formula is C28H20ClN5O2. The zero-order chi connectivity index (χ0) is 25.0. The SMILES string of the molecule is N#CC1=C(N)N(c2ccc(Cl)cc2)C2=C(C(=O)N(Cc3ccccc3)C2)C12C(=O)Nc1ccccc12. The molecule has 0 fully saturated rings. The first-order valence-corrected chi connectivity index (χ1v) is 11.8. The molecule has 1 spiro atoms. The van der Waals surface area contributed by atoms with Crippen LogP contribution in [0.2, 0.25) is 5.02 Å². The fourth-order valence-electron chi connectivity index (χ4n) is 5.46. The Morgan fingerprint density at radius 2 is 1.69 bits per heavy atom. The Labute approximate surface area is 212 Å². The van der Waals surface area contributed by atoms with E-state index in [2.05, 4.69) is 11.4 Å². The molecule has 0 saturated heterocycles. The largest absolute Gasteiger partial charge is 0.384 e. The minimum atomic E-state index is -1.63. The van der Waals surface area contributed by atoms with Crippen LogP contribution in [-0.4, -0.2) is 23.3 Å². The van der Waals surface area contributed by atoms with Crippen LogP contribution in [0.4, 0.5) is 11.4 Å². The summed E-state index contributed by atoms with van der Waals surface area (Å²) < 4.78 is 0. The summed E-state index contributed by atoms with van der Waals surface area (Å²) in [5.41, 5.74) is 8.61. The number of anilines is 2. The third kappa shape index (κ3) is 2.92. The van der Waals surface area contributed by atoms with Gasteiger partial charge in [0.15, 0.2) is 0 Å². The Morgan fingerprint density at radius 3 is 2.42 bits per heavy atom. The fourth-order valence-corrected chi connectivity index (χ4v) is 5.58. The van der Waals surface area contributed by atoms with Crippen LogP contribution in [0.1, 0.15) is 11.1 Å². The molecule has 176 valence electrons. The Hall–Kier alpha value is -4.54. The molecule has 0 saturated carbocycles. The zero-order valence-electron chi connectivity index (χ0n) is 19.0. The lowest BCUT2D eigenvalue weighted by molar-refractivity contribution is -0.128. The number of hydrogen-bond donors (Lipinski definition) is 2. The summed E-state index contributed by atoms with van der Waals surface area (Å²) in [5, 5.41) is 13.8. The first-order valence-electron chi connectivity index (χ1n) is 11.4. The van der Waals surface area contributed by atoms with Gasteiger partial charge < -0.3 is 16.0 Å². The summed E-state index contributed by atoms with van der Waals surface area (Å²) in [7, 11) is 0. The average molecular weight is 494 g/mol. The molecule has 3 aliphatic heterocycles. The Morgan fingerprint density at radius 1 is 1.00 bits per heavy atom. The van der Waals surface area contributed by atoms with Crippen LogP contribution < -0.4 is 16.0 Å². The summed E-state index contributed by atoms with van der Waals surface area (Å²) >= 11 is 6.12. The third-order valence-corrected chi connectivity index (χ3v) is 7.23. The molecule has 3 heterocycles. The van der Waals surface area contributed by atoms with E-state index in [0.29, 0.717) is 34.2 Å². The second kappa shape index (κ2) is 8.01. The number of amides is 2. The minimum absolute atomic E-state index is 0.0218. The van der Waals surface area contributed by atoms with Crippen molar-refractivity contribution in [2.75, 3.05) is 16.8 Å². The van der Waals surface area contributed by atoms with Crippen molar-refractivity contribution in [2.45, 2.75) is 12.0 Å². The normalized spacial score (nSPS) is 20.6. The highest BCUT2D eigenvalue weighted by Crippen LogP contribution is 2.54. The molecule has 3 aromatic carbocycles. The lowest BCUT2D eigenvalue weighted by Crippen LogP contribution is -2.48. The number of nitrogens with zero attached hydrogens (tertiary/aromatic N) is 3. The number of benzene rings is 3. The van der Waals surface area contributed by atoms with Crippen molar-refractivity contribution in [3.63, 3.8) is 0 Å². The molecule has 3 aromatic rings. The first kappa shape index (κ1) is 22.0. The summed E-state index contributed by atoms with van der Waals surface area (Å²) in [6.07, 6.45) is 0. The van der Waals surface area contributed by atoms with Crippen molar-refractivity contribution >= 4 is 34.8 Å². The van der Waals surface area contributed by atoms with Gasteiger partial charge in [-0.1, -0.05) is 60.1 Å². The number of nitrogens with two attached hydrogens (primary N) is 1. The second-order valence-corrected chi connectivity index (χ2v) is 9.34. The Balaban J connectivity index is 1.60. The van der Waals surface area contributed by atoms with Gasteiger partial charge in [0.1, 0.15) is 17.3 Å². The highest BCUT2D eigenvalue weighted by Gasteiger charge is 2.62. The maximum absolute atomic E-state index is 14.1. The smallest absolute Gasteiger partial charge is 0.254 e. The minimum Gasteiger partial charge on any atom is -0.384 e. The predicted octanol–water partition coefficient (Wildman–Crippen LogP) is 4.04. The van der Waals surface area contributed by atoms with Crippen LogP contribution in [0, 0.1) is 11.3 Å². The quantitative estimate of drug-likeness (QED) is 0.573. The van der Waals surface area contributed by atoms with Gasteiger partial charge in [-0.05, 0) is 35.9 Å². The van der Waals surface area contributed by atoms with Crippen LogP contribution >= 0.6 is 11.6 Å². The van der Waals surface area contributed by atoms with E-state index < -0.39 is 11.3 Å². The van der Waals surface area contributed by atoms with Gasteiger partial charge in [-0.2, -0.15) is 5.26 Å².